The van der Waals surface area contributed by atoms with Crippen molar-refractivity contribution in [2.75, 3.05) is 6.54 Å². The molecule has 0 N–H and O–H groups in total. The number of carbonyl (C=O) groups is 1. The first-order valence-corrected chi connectivity index (χ1v) is 12.2. The smallest absolute Gasteiger partial charge is 0.186 e. The molecule has 3 aromatic rings. The average molecular weight is 460 g/mol. The molecule has 33 heavy (non-hydrogen) atoms. The number of nitrogens with zero attached hydrogens (tertiary/aromatic N) is 3. The van der Waals surface area contributed by atoms with E-state index in [4.69, 9.17) is 16.9 Å². The molecule has 1 saturated carbocycles. The Kier molecular flexibility index (Phi) is 7.62. The maximum atomic E-state index is 13.2. The van der Waals surface area contributed by atoms with Crippen molar-refractivity contribution in [2.24, 2.45) is 10.9 Å². The molecule has 1 fully saturated rings. The number of rotatable bonds is 10. The lowest BCUT2D eigenvalue weighted by molar-refractivity contribution is 0.100. The van der Waals surface area contributed by atoms with Gasteiger partial charge in [0.05, 0.1) is 11.6 Å². The molecule has 0 aliphatic heterocycles. The van der Waals surface area contributed by atoms with Gasteiger partial charge in [0, 0.05) is 33.8 Å². The zero-order valence-corrected chi connectivity index (χ0v) is 19.9. The molecule has 0 spiro atoms. The molecule has 1 aliphatic carbocycles. The fourth-order valence-electron chi connectivity index (χ4n) is 4.69. The summed E-state index contributed by atoms with van der Waals surface area (Å²) < 4.78 is 2.11. The highest BCUT2D eigenvalue weighted by Gasteiger charge is 2.21. The van der Waals surface area contributed by atoms with Gasteiger partial charge in [-0.1, -0.05) is 49.4 Å². The molecule has 0 saturated heterocycles. The second-order valence-electron chi connectivity index (χ2n) is 8.96. The van der Waals surface area contributed by atoms with Crippen molar-refractivity contribution in [3.05, 3.63) is 64.3 Å². The summed E-state index contributed by atoms with van der Waals surface area (Å²) in [7, 11) is 0. The largest absolute Gasteiger partial charge is 0.313 e. The second-order valence-corrected chi connectivity index (χ2v) is 9.39. The zero-order chi connectivity index (χ0) is 23.2. The fourth-order valence-corrected chi connectivity index (χ4v) is 4.81. The molecule has 1 heterocycles. The zero-order valence-electron chi connectivity index (χ0n) is 19.2. The molecule has 0 atom stereocenters. The van der Waals surface area contributed by atoms with Gasteiger partial charge in [0.25, 0.3) is 0 Å². The number of nitriles is 1. The first-order chi connectivity index (χ1) is 16.1. The van der Waals surface area contributed by atoms with Crippen molar-refractivity contribution < 1.29 is 4.79 Å². The van der Waals surface area contributed by atoms with Crippen LogP contribution in [0, 0.1) is 24.2 Å². The summed E-state index contributed by atoms with van der Waals surface area (Å²) in [4.78, 5) is 17.7. The van der Waals surface area contributed by atoms with Gasteiger partial charge in [-0.15, -0.1) is 0 Å². The Labute approximate surface area is 200 Å². The Balaban J connectivity index is 1.59. The van der Waals surface area contributed by atoms with Crippen molar-refractivity contribution in [3.8, 4) is 11.8 Å². The Morgan fingerprint density at radius 3 is 2.73 bits per heavy atom. The minimum absolute atomic E-state index is 0.0326. The van der Waals surface area contributed by atoms with Gasteiger partial charge in [-0.25, -0.2) is 0 Å². The molecule has 0 radical (unpaired) electrons. The summed E-state index contributed by atoms with van der Waals surface area (Å²) in [5, 5.41) is 10.6. The van der Waals surface area contributed by atoms with Crippen LogP contribution < -0.4 is 0 Å². The Morgan fingerprint density at radius 2 is 2.03 bits per heavy atom. The Morgan fingerprint density at radius 1 is 1.24 bits per heavy atom. The van der Waals surface area contributed by atoms with Crippen LogP contribution in [-0.2, 0) is 6.42 Å². The number of aryl methyl sites for hydroxylation is 1. The molecule has 2 aromatic carbocycles. The third-order valence-electron chi connectivity index (χ3n) is 6.69. The second kappa shape index (κ2) is 10.8. The summed E-state index contributed by atoms with van der Waals surface area (Å²) in [6.45, 7) is 2.15. The summed E-state index contributed by atoms with van der Waals surface area (Å²) in [5.74, 6) is 0.949. The van der Waals surface area contributed by atoms with E-state index < -0.39 is 0 Å². The summed E-state index contributed by atoms with van der Waals surface area (Å²) in [5.41, 5.74) is 4.63. The number of unbranched alkanes of at least 4 members (excludes halogenated alkanes) is 1. The van der Waals surface area contributed by atoms with Crippen LogP contribution in [0.5, 0.6) is 0 Å². The van der Waals surface area contributed by atoms with Gasteiger partial charge < -0.3 is 4.57 Å². The normalized spacial score (nSPS) is 14.0. The first-order valence-electron chi connectivity index (χ1n) is 11.9. The maximum absolute atomic E-state index is 13.2. The van der Waals surface area contributed by atoms with Gasteiger partial charge in [-0.3, -0.25) is 9.79 Å². The number of halogens is 1. The van der Waals surface area contributed by atoms with Gasteiger partial charge >= 0.3 is 0 Å². The Bertz CT molecular complexity index is 1200. The predicted molar refractivity (Wildman–Crippen MR) is 136 cm³/mol. The van der Waals surface area contributed by atoms with E-state index in [1.165, 1.54) is 25.7 Å². The number of hydrogen-bond acceptors (Lipinski definition) is 3. The highest BCUT2D eigenvalue weighted by molar-refractivity contribution is 6.30. The van der Waals surface area contributed by atoms with E-state index in [0.717, 1.165) is 52.2 Å². The van der Waals surface area contributed by atoms with Gasteiger partial charge in [0.15, 0.2) is 5.78 Å². The van der Waals surface area contributed by atoms with E-state index in [2.05, 4.69) is 21.7 Å². The molecule has 1 aliphatic rings. The maximum Gasteiger partial charge on any atom is 0.186 e. The summed E-state index contributed by atoms with van der Waals surface area (Å²) >= 11 is 6.11. The summed E-state index contributed by atoms with van der Waals surface area (Å²) in [6, 6.07) is 16.0. The predicted octanol–water partition coefficient (Wildman–Crippen LogP) is 7.27. The Hall–Kier alpha value is -2.90. The minimum Gasteiger partial charge on any atom is -0.313 e. The number of hydrogen-bond donors (Lipinski definition) is 0. The van der Waals surface area contributed by atoms with Crippen LogP contribution in [-0.4, -0.2) is 23.1 Å². The SMILES string of the molecule is Cc1c(C(=O)CN=CCCCC2CCC2)c2ccc(CCC#N)cc2n1-c1ccc(Cl)cc1. The van der Waals surface area contributed by atoms with Gasteiger partial charge in [-0.2, -0.15) is 5.26 Å². The number of carbonyl (C=O) groups excluding carboxylic acids is 1. The van der Waals surface area contributed by atoms with Crippen molar-refractivity contribution >= 4 is 34.5 Å². The number of ketones is 1. The van der Waals surface area contributed by atoms with Crippen LogP contribution in [0.1, 0.15) is 66.6 Å². The van der Waals surface area contributed by atoms with E-state index in [1.54, 1.807) is 0 Å². The average Bonchev–Trinajstić information content (AvgIpc) is 3.07. The molecule has 0 amide bonds. The number of aromatic nitrogens is 1. The number of benzene rings is 2. The lowest BCUT2D eigenvalue weighted by Crippen LogP contribution is -2.10. The molecule has 1 aromatic heterocycles. The monoisotopic (exact) mass is 459 g/mol. The van der Waals surface area contributed by atoms with Crippen LogP contribution in [0.15, 0.2) is 47.5 Å². The standard InChI is InChI=1S/C28H30ClN3O/c1-20-28(27(33)19-31-17-3-2-6-21-7-4-8-21)25-15-10-22(9-5-16-30)18-26(25)32(20)24-13-11-23(29)12-14-24/h10-15,17-18,21H,2-9,19H2,1H3. The van der Waals surface area contributed by atoms with Gasteiger partial charge in [-0.05, 0) is 74.2 Å². The molecular formula is C28H30ClN3O. The molecular weight excluding hydrogens is 430 g/mol. The molecule has 4 nitrogen and oxygen atoms in total. The van der Waals surface area contributed by atoms with Crippen LogP contribution in [0.3, 0.4) is 0 Å². The van der Waals surface area contributed by atoms with Crippen molar-refractivity contribution in [1.82, 2.24) is 4.57 Å². The lowest BCUT2D eigenvalue weighted by atomic mass is 9.82. The topological polar surface area (TPSA) is 58.1 Å². The van der Waals surface area contributed by atoms with Gasteiger partial charge in [0.2, 0.25) is 0 Å². The van der Waals surface area contributed by atoms with Crippen molar-refractivity contribution in [3.63, 3.8) is 0 Å². The van der Waals surface area contributed by atoms with Crippen LogP contribution in [0.25, 0.3) is 16.6 Å². The highest BCUT2D eigenvalue weighted by atomic mass is 35.5. The molecule has 4 rings (SSSR count). The third-order valence-corrected chi connectivity index (χ3v) is 6.95. The van der Waals surface area contributed by atoms with E-state index in [-0.39, 0.29) is 12.3 Å². The first kappa shape index (κ1) is 23.3. The number of Topliss-reactive ketones (excluding diaryl/α,β-unsaturated/α-hetero) is 1. The third kappa shape index (κ3) is 5.37. The highest BCUT2D eigenvalue weighted by Crippen LogP contribution is 2.32. The van der Waals surface area contributed by atoms with E-state index in [9.17, 15) is 4.79 Å². The quantitative estimate of drug-likeness (QED) is 0.182. The number of aliphatic imine (C=N–C) groups is 1. The fraction of sp³-hybridized carbons (Fsp3) is 0.393. The van der Waals surface area contributed by atoms with E-state index in [1.807, 2.05) is 49.5 Å². The number of fused-ring (bicyclic) bond motifs is 1. The van der Waals surface area contributed by atoms with E-state index >= 15 is 0 Å². The lowest BCUT2D eigenvalue weighted by Gasteiger charge is -2.24. The van der Waals surface area contributed by atoms with Crippen LogP contribution in [0.2, 0.25) is 5.02 Å². The molecule has 0 bridgehead atoms. The molecule has 170 valence electrons. The van der Waals surface area contributed by atoms with Crippen molar-refractivity contribution in [1.29, 1.82) is 5.26 Å². The van der Waals surface area contributed by atoms with Crippen LogP contribution in [0.4, 0.5) is 0 Å². The van der Waals surface area contributed by atoms with Crippen molar-refractivity contribution in [2.45, 2.75) is 58.3 Å². The minimum atomic E-state index is 0.0326. The molecule has 5 heteroatoms. The summed E-state index contributed by atoms with van der Waals surface area (Å²) in [6.07, 6.45) is 10.6. The van der Waals surface area contributed by atoms with Crippen LogP contribution >= 0.6 is 11.6 Å². The van der Waals surface area contributed by atoms with E-state index in [0.29, 0.717) is 17.9 Å². The van der Waals surface area contributed by atoms with Gasteiger partial charge in [0.1, 0.15) is 6.54 Å². The molecule has 0 unspecified atom stereocenters.